The molecule has 1 heterocycles. The van der Waals surface area contributed by atoms with Crippen LogP contribution in [0.15, 0.2) is 41.3 Å². The zero-order valence-corrected chi connectivity index (χ0v) is 11.3. The van der Waals surface area contributed by atoms with Gasteiger partial charge in [0.05, 0.1) is 7.05 Å². The Balaban J connectivity index is 2.63. The van der Waals surface area contributed by atoms with E-state index < -0.39 is 0 Å². The van der Waals surface area contributed by atoms with Crippen LogP contribution >= 0.6 is 11.8 Å². The summed E-state index contributed by atoms with van der Waals surface area (Å²) in [6.07, 6.45) is 3.60. The standard InChI is InChI=1S/C13H11N5S/c1-17-9-18(12-6-4-3-5-11(12)17)16-13(19-2)10(7-14)8-15/h3-6,9H,1-2H3/b16-13-. The SMILES string of the molecule is CS/C(=N\n1c[n+](C)c2ccccc21)C(=C=[N-])C#N. The second-order valence-corrected chi connectivity index (χ2v) is 4.56. The summed E-state index contributed by atoms with van der Waals surface area (Å²) in [5.74, 6) is 1.86. The van der Waals surface area contributed by atoms with Crippen molar-refractivity contribution in [3.63, 3.8) is 0 Å². The van der Waals surface area contributed by atoms with Gasteiger partial charge in [-0.1, -0.05) is 21.9 Å². The van der Waals surface area contributed by atoms with Crippen molar-refractivity contribution >= 4 is 33.7 Å². The fourth-order valence-corrected chi connectivity index (χ4v) is 2.20. The van der Waals surface area contributed by atoms with Gasteiger partial charge < -0.3 is 5.41 Å². The van der Waals surface area contributed by atoms with Crippen LogP contribution in [0.1, 0.15) is 0 Å². The van der Waals surface area contributed by atoms with Crippen molar-refractivity contribution in [1.82, 2.24) is 4.68 Å². The summed E-state index contributed by atoms with van der Waals surface area (Å²) in [7, 11) is 1.92. The fraction of sp³-hybridized carbons (Fsp3) is 0.154. The molecule has 0 aliphatic carbocycles. The first-order chi connectivity index (χ1) is 9.21. The number of hydrogen-bond acceptors (Lipinski definition) is 3. The van der Waals surface area contributed by atoms with Crippen molar-refractivity contribution in [2.24, 2.45) is 12.1 Å². The zero-order chi connectivity index (χ0) is 13.8. The van der Waals surface area contributed by atoms with E-state index in [2.05, 4.69) is 5.10 Å². The van der Waals surface area contributed by atoms with Crippen molar-refractivity contribution in [2.45, 2.75) is 0 Å². The maximum atomic E-state index is 8.91. The summed E-state index contributed by atoms with van der Waals surface area (Å²) in [5.41, 5.74) is 1.97. The van der Waals surface area contributed by atoms with Gasteiger partial charge in [0, 0.05) is 0 Å². The van der Waals surface area contributed by atoms with E-state index in [4.69, 9.17) is 10.7 Å². The Morgan fingerprint density at radius 2 is 2.21 bits per heavy atom. The molecule has 5 nitrogen and oxygen atoms in total. The monoisotopic (exact) mass is 269 g/mol. The summed E-state index contributed by atoms with van der Waals surface area (Å²) in [4.78, 5) is 0. The lowest BCUT2D eigenvalue weighted by Crippen LogP contribution is -2.25. The predicted molar refractivity (Wildman–Crippen MR) is 77.0 cm³/mol. The summed E-state index contributed by atoms with van der Waals surface area (Å²) in [5, 5.41) is 22.6. The van der Waals surface area contributed by atoms with Crippen molar-refractivity contribution in [2.75, 3.05) is 6.26 Å². The van der Waals surface area contributed by atoms with Crippen LogP contribution in [-0.4, -0.2) is 21.8 Å². The number of fused-ring (bicyclic) bond motifs is 1. The van der Waals surface area contributed by atoms with Gasteiger partial charge in [-0.25, -0.2) is 10.4 Å². The molecule has 2 rings (SSSR count). The van der Waals surface area contributed by atoms with E-state index in [1.54, 1.807) is 10.9 Å². The molecule has 0 atom stereocenters. The molecule has 0 fully saturated rings. The first-order valence-corrected chi connectivity index (χ1v) is 6.70. The molecule has 0 saturated carbocycles. The maximum absolute atomic E-state index is 8.91. The Kier molecular flexibility index (Phi) is 3.81. The Morgan fingerprint density at radius 1 is 1.47 bits per heavy atom. The fourth-order valence-electron chi connectivity index (χ4n) is 1.74. The number of nitriles is 1. The minimum Gasteiger partial charge on any atom is -0.762 e. The molecule has 94 valence electrons. The molecule has 0 N–H and O–H groups in total. The molecule has 0 aliphatic rings. The van der Waals surface area contributed by atoms with Crippen LogP contribution in [0.3, 0.4) is 0 Å². The average Bonchev–Trinajstić information content (AvgIpc) is 2.76. The van der Waals surface area contributed by atoms with Crippen molar-refractivity contribution in [3.8, 4) is 6.07 Å². The van der Waals surface area contributed by atoms with Crippen molar-refractivity contribution < 1.29 is 4.57 Å². The number of hydrogen-bond donors (Lipinski definition) is 0. The lowest BCUT2D eigenvalue weighted by Gasteiger charge is -1.97. The summed E-state index contributed by atoms with van der Waals surface area (Å²) < 4.78 is 3.62. The van der Waals surface area contributed by atoms with Crippen LogP contribution in [-0.2, 0) is 7.05 Å². The molecular formula is C13H11N5S. The lowest BCUT2D eigenvalue weighted by atomic mass is 10.3. The van der Waals surface area contributed by atoms with Gasteiger partial charge in [-0.05, 0) is 18.4 Å². The van der Waals surface area contributed by atoms with E-state index in [-0.39, 0.29) is 5.57 Å². The van der Waals surface area contributed by atoms with Gasteiger partial charge >= 0.3 is 0 Å². The Hall–Kier alpha value is -2.35. The van der Waals surface area contributed by atoms with Crippen LogP contribution in [0.25, 0.3) is 16.4 Å². The molecule has 0 saturated heterocycles. The van der Waals surface area contributed by atoms with Gasteiger partial charge in [0.1, 0.15) is 11.6 Å². The third-order valence-corrected chi connectivity index (χ3v) is 3.29. The molecule has 0 amide bonds. The molecule has 1 aromatic heterocycles. The molecule has 6 heteroatoms. The quantitative estimate of drug-likeness (QED) is 0.360. The zero-order valence-electron chi connectivity index (χ0n) is 10.5. The number of rotatable bonds is 2. The molecule has 1 aromatic carbocycles. The summed E-state index contributed by atoms with van der Waals surface area (Å²) in [6, 6.07) is 9.66. The Bertz CT molecular complexity index is 744. The molecular weight excluding hydrogens is 258 g/mol. The van der Waals surface area contributed by atoms with Gasteiger partial charge in [-0.2, -0.15) is 5.26 Å². The highest BCUT2D eigenvalue weighted by atomic mass is 32.2. The Labute approximate surface area is 115 Å². The third-order valence-electron chi connectivity index (χ3n) is 2.62. The van der Waals surface area contributed by atoms with Crippen LogP contribution < -0.4 is 4.57 Å². The second kappa shape index (κ2) is 5.53. The van der Waals surface area contributed by atoms with Gasteiger partial charge in [0.15, 0.2) is 10.6 Å². The number of aromatic nitrogens is 2. The normalized spacial score (nSPS) is 11.1. The van der Waals surface area contributed by atoms with Crippen LogP contribution in [0.4, 0.5) is 0 Å². The highest BCUT2D eigenvalue weighted by Gasteiger charge is 2.14. The van der Waals surface area contributed by atoms with E-state index in [9.17, 15) is 0 Å². The first kappa shape index (κ1) is 13.1. The molecule has 0 radical (unpaired) electrons. The number of imidazole rings is 1. The van der Waals surface area contributed by atoms with E-state index in [0.717, 1.165) is 11.0 Å². The number of para-hydroxylation sites is 2. The van der Waals surface area contributed by atoms with E-state index in [1.165, 1.54) is 11.8 Å². The summed E-state index contributed by atoms with van der Waals surface area (Å²) >= 11 is 1.28. The minimum absolute atomic E-state index is 0.0212. The number of aryl methyl sites for hydroxylation is 1. The van der Waals surface area contributed by atoms with E-state index >= 15 is 0 Å². The lowest BCUT2D eigenvalue weighted by molar-refractivity contribution is -0.645. The third kappa shape index (κ3) is 2.43. The molecule has 0 aliphatic heterocycles. The van der Waals surface area contributed by atoms with Gasteiger partial charge in [-0.15, -0.1) is 11.8 Å². The van der Waals surface area contributed by atoms with Crippen molar-refractivity contribution in [1.29, 1.82) is 5.26 Å². The van der Waals surface area contributed by atoms with Gasteiger partial charge in [0.2, 0.25) is 5.52 Å². The topological polar surface area (TPSA) is 67.3 Å². The summed E-state index contributed by atoms with van der Waals surface area (Å²) in [6.45, 7) is 0. The first-order valence-electron chi connectivity index (χ1n) is 5.47. The van der Waals surface area contributed by atoms with Crippen LogP contribution in [0.5, 0.6) is 0 Å². The number of thioether (sulfide) groups is 1. The molecule has 2 aromatic rings. The highest BCUT2D eigenvalue weighted by Crippen LogP contribution is 2.13. The minimum atomic E-state index is 0.0212. The average molecular weight is 269 g/mol. The molecule has 0 unspecified atom stereocenters. The van der Waals surface area contributed by atoms with E-state index in [0.29, 0.717) is 5.04 Å². The number of benzene rings is 1. The largest absolute Gasteiger partial charge is 0.762 e. The van der Waals surface area contributed by atoms with Crippen molar-refractivity contribution in [3.05, 3.63) is 41.6 Å². The Morgan fingerprint density at radius 3 is 2.84 bits per heavy atom. The van der Waals surface area contributed by atoms with Crippen LogP contribution in [0.2, 0.25) is 0 Å². The predicted octanol–water partition coefficient (Wildman–Crippen LogP) is 1.68. The van der Waals surface area contributed by atoms with Gasteiger partial charge in [0.25, 0.3) is 6.33 Å². The number of nitrogens with zero attached hydrogens (tertiary/aromatic N) is 5. The molecule has 0 spiro atoms. The highest BCUT2D eigenvalue weighted by molar-refractivity contribution is 8.13. The maximum Gasteiger partial charge on any atom is 0.270 e. The van der Waals surface area contributed by atoms with E-state index in [1.807, 2.05) is 54.1 Å². The smallest absolute Gasteiger partial charge is 0.270 e. The second-order valence-electron chi connectivity index (χ2n) is 3.77. The van der Waals surface area contributed by atoms with Crippen LogP contribution in [0, 0.1) is 11.3 Å². The van der Waals surface area contributed by atoms with Gasteiger partial charge in [-0.3, -0.25) is 0 Å². The molecule has 0 bridgehead atoms. The molecule has 19 heavy (non-hydrogen) atoms.